The monoisotopic (exact) mass is 678 g/mol. The molecule has 5 rings (SSSR count). The maximum atomic E-state index is 13.5. The zero-order valence-corrected chi connectivity index (χ0v) is 29.9. The lowest BCUT2D eigenvalue weighted by molar-refractivity contribution is -0.143. The Morgan fingerprint density at radius 2 is 1.33 bits per heavy atom. The smallest absolute Gasteiger partial charge is 0.408 e. The zero-order chi connectivity index (χ0) is 34.9. The minimum atomic E-state index is -2.96. The van der Waals surface area contributed by atoms with Gasteiger partial charge in [0.05, 0.1) is 7.11 Å². The highest BCUT2D eigenvalue weighted by Gasteiger charge is 2.51. The second kappa shape index (κ2) is 16.1. The van der Waals surface area contributed by atoms with Crippen molar-refractivity contribution in [3.8, 4) is 0 Å². The Bertz CT molecular complexity index is 1640. The first-order valence-electron chi connectivity index (χ1n) is 16.7. The van der Waals surface area contributed by atoms with Crippen LogP contribution in [0.15, 0.2) is 126 Å². The average Bonchev–Trinajstić information content (AvgIpc) is 3.51. The van der Waals surface area contributed by atoms with Gasteiger partial charge in [-0.2, -0.15) is 0 Å². The minimum absolute atomic E-state index is 0.0931. The molecule has 0 aromatic heterocycles. The van der Waals surface area contributed by atoms with Gasteiger partial charge < -0.3 is 24.0 Å². The van der Waals surface area contributed by atoms with E-state index in [0.29, 0.717) is 6.42 Å². The van der Waals surface area contributed by atoms with E-state index in [1.165, 1.54) is 7.11 Å². The van der Waals surface area contributed by atoms with Crippen molar-refractivity contribution in [2.75, 3.05) is 13.7 Å². The van der Waals surface area contributed by atoms with Crippen LogP contribution in [0.1, 0.15) is 38.8 Å². The third-order valence-electron chi connectivity index (χ3n) is 8.96. The van der Waals surface area contributed by atoms with Gasteiger partial charge in [0.1, 0.15) is 18.8 Å². The summed E-state index contributed by atoms with van der Waals surface area (Å²) in [5, 5.41) is 5.09. The molecule has 9 heteroatoms. The van der Waals surface area contributed by atoms with E-state index < -0.39 is 38.6 Å². The molecular weight excluding hydrogens is 633 g/mol. The lowest BCUT2D eigenvalue weighted by atomic mass is 9.92. The largest absolute Gasteiger partial charge is 0.474 e. The van der Waals surface area contributed by atoms with E-state index in [-0.39, 0.29) is 30.1 Å². The highest BCUT2D eigenvalue weighted by Crippen LogP contribution is 2.37. The number of ether oxygens (including phenoxy) is 3. The SMILES string of the molecule is COC(=O)[C@@H]1N=C([C@@H](NC(=O)OCc2ccccc2)[C@H](CO[Si](c2ccccc2)(c2ccccc2)C(C)(C)C)Cc2ccccc2)O[C@@H]1C. The van der Waals surface area contributed by atoms with Crippen LogP contribution < -0.4 is 15.7 Å². The lowest BCUT2D eigenvalue weighted by Gasteiger charge is -2.44. The highest BCUT2D eigenvalue weighted by atomic mass is 28.4. The van der Waals surface area contributed by atoms with Crippen molar-refractivity contribution in [2.45, 2.75) is 63.9 Å². The number of alkyl carbamates (subject to hydrolysis) is 1. The molecular formula is C40H46N2O6Si. The molecule has 0 unspecified atom stereocenters. The van der Waals surface area contributed by atoms with Crippen molar-refractivity contribution in [1.82, 2.24) is 5.32 Å². The third kappa shape index (κ3) is 8.47. The van der Waals surface area contributed by atoms with Gasteiger partial charge in [-0.15, -0.1) is 0 Å². The Morgan fingerprint density at radius 1 is 0.816 bits per heavy atom. The summed E-state index contributed by atoms with van der Waals surface area (Å²) in [6, 6.07) is 38.8. The van der Waals surface area contributed by atoms with Gasteiger partial charge in [0.15, 0.2) is 6.04 Å². The van der Waals surface area contributed by atoms with E-state index >= 15 is 0 Å². The zero-order valence-electron chi connectivity index (χ0n) is 28.9. The minimum Gasteiger partial charge on any atom is -0.474 e. The van der Waals surface area contributed by atoms with Crippen molar-refractivity contribution in [3.05, 3.63) is 132 Å². The molecule has 49 heavy (non-hydrogen) atoms. The Morgan fingerprint density at radius 3 is 1.84 bits per heavy atom. The van der Waals surface area contributed by atoms with Gasteiger partial charge in [-0.3, -0.25) is 0 Å². The van der Waals surface area contributed by atoms with Crippen molar-refractivity contribution >= 4 is 36.7 Å². The molecule has 1 amide bonds. The summed E-state index contributed by atoms with van der Waals surface area (Å²) >= 11 is 0. The quantitative estimate of drug-likeness (QED) is 0.136. The average molecular weight is 679 g/mol. The molecule has 4 aromatic carbocycles. The predicted molar refractivity (Wildman–Crippen MR) is 195 cm³/mol. The number of carbonyl (C=O) groups is 2. The molecule has 256 valence electrons. The van der Waals surface area contributed by atoms with E-state index in [1.54, 1.807) is 6.92 Å². The molecule has 4 atom stereocenters. The maximum absolute atomic E-state index is 13.5. The Kier molecular flexibility index (Phi) is 11.7. The number of aliphatic imine (C=N–C) groups is 1. The van der Waals surface area contributed by atoms with Gasteiger partial charge in [0.25, 0.3) is 8.32 Å². The molecule has 0 bridgehead atoms. The molecule has 1 N–H and O–H groups in total. The normalized spacial score (nSPS) is 17.3. The first-order valence-corrected chi connectivity index (χ1v) is 18.6. The van der Waals surface area contributed by atoms with Gasteiger partial charge in [-0.05, 0) is 39.9 Å². The van der Waals surface area contributed by atoms with Crippen LogP contribution in [0, 0.1) is 5.92 Å². The molecule has 0 aliphatic carbocycles. The van der Waals surface area contributed by atoms with Crippen LogP contribution in [0.4, 0.5) is 4.79 Å². The fourth-order valence-corrected chi connectivity index (χ4v) is 11.1. The fourth-order valence-electron chi connectivity index (χ4n) is 6.50. The molecule has 0 fully saturated rings. The van der Waals surface area contributed by atoms with Gasteiger partial charge in [0, 0.05) is 12.5 Å². The predicted octanol–water partition coefficient (Wildman–Crippen LogP) is 6.08. The van der Waals surface area contributed by atoms with E-state index in [2.05, 4.69) is 91.7 Å². The number of esters is 1. The molecule has 1 aliphatic rings. The van der Waals surface area contributed by atoms with Crippen molar-refractivity contribution < 1.29 is 28.2 Å². The lowest BCUT2D eigenvalue weighted by Crippen LogP contribution is -2.67. The van der Waals surface area contributed by atoms with Crippen LogP contribution in [-0.4, -0.2) is 58.2 Å². The number of benzene rings is 4. The Hall–Kier alpha value is -4.73. The van der Waals surface area contributed by atoms with Gasteiger partial charge >= 0.3 is 12.1 Å². The van der Waals surface area contributed by atoms with Crippen LogP contribution in [0.2, 0.25) is 5.04 Å². The highest BCUT2D eigenvalue weighted by molar-refractivity contribution is 6.99. The standard InChI is InChI=1S/C40H46N2O6Si/c1-29-35(38(43)45-5)41-37(48-29)36(42-39(44)46-27-31-20-12-7-13-21-31)32(26-30-18-10-6-11-19-30)28-47-49(40(2,3)4,33-22-14-8-15-23-33)34-24-16-9-17-25-34/h6-25,29,32,35-36H,26-28H2,1-5H3,(H,42,44)/t29-,32+,35-,36+/m1/s1. The summed E-state index contributed by atoms with van der Waals surface area (Å²) in [5.74, 6) is -0.627. The fraction of sp³-hybridized carbons (Fsp3) is 0.325. The summed E-state index contributed by atoms with van der Waals surface area (Å²) in [6.45, 7) is 8.81. The van der Waals surface area contributed by atoms with Gasteiger partial charge in [-0.1, -0.05) is 142 Å². The van der Waals surface area contributed by atoms with Crippen LogP contribution in [0.25, 0.3) is 0 Å². The Balaban J connectivity index is 1.56. The summed E-state index contributed by atoms with van der Waals surface area (Å²) in [7, 11) is -1.63. The number of hydrogen-bond acceptors (Lipinski definition) is 7. The van der Waals surface area contributed by atoms with Crippen LogP contribution in [-0.2, 0) is 36.5 Å². The summed E-state index contributed by atoms with van der Waals surface area (Å²) in [6.07, 6.45) is -0.678. The maximum Gasteiger partial charge on any atom is 0.408 e. The molecule has 8 nitrogen and oxygen atoms in total. The molecule has 0 radical (unpaired) electrons. The number of amides is 1. The van der Waals surface area contributed by atoms with Crippen molar-refractivity contribution in [2.24, 2.45) is 10.9 Å². The van der Waals surface area contributed by atoms with Gasteiger partial charge in [0.2, 0.25) is 5.90 Å². The molecule has 1 aliphatic heterocycles. The Labute approximate surface area is 290 Å². The van der Waals surface area contributed by atoms with Crippen LogP contribution >= 0.6 is 0 Å². The number of carbonyl (C=O) groups excluding carboxylic acids is 2. The molecule has 0 spiro atoms. The molecule has 1 heterocycles. The molecule has 0 saturated heterocycles. The first kappa shape index (κ1) is 35.6. The second-order valence-corrected chi connectivity index (χ2v) is 17.7. The third-order valence-corrected chi connectivity index (χ3v) is 14.0. The van der Waals surface area contributed by atoms with E-state index in [9.17, 15) is 9.59 Å². The van der Waals surface area contributed by atoms with Crippen LogP contribution in [0.3, 0.4) is 0 Å². The molecule has 4 aromatic rings. The summed E-state index contributed by atoms with van der Waals surface area (Å²) in [5.41, 5.74) is 1.91. The van der Waals surface area contributed by atoms with E-state index in [0.717, 1.165) is 21.5 Å². The van der Waals surface area contributed by atoms with E-state index in [1.807, 2.05) is 60.7 Å². The summed E-state index contributed by atoms with van der Waals surface area (Å²) < 4.78 is 24.4. The molecule has 0 saturated carbocycles. The summed E-state index contributed by atoms with van der Waals surface area (Å²) in [4.78, 5) is 30.9. The number of methoxy groups -OCH3 is 1. The number of hydrogen-bond donors (Lipinski definition) is 1. The number of nitrogens with zero attached hydrogens (tertiary/aromatic N) is 1. The second-order valence-electron chi connectivity index (χ2n) is 13.4. The first-order chi connectivity index (χ1) is 23.6. The van der Waals surface area contributed by atoms with Crippen LogP contribution in [0.5, 0.6) is 0 Å². The topological polar surface area (TPSA) is 95.5 Å². The van der Waals surface area contributed by atoms with Gasteiger partial charge in [-0.25, -0.2) is 14.6 Å². The van der Waals surface area contributed by atoms with Crippen molar-refractivity contribution in [3.63, 3.8) is 0 Å². The van der Waals surface area contributed by atoms with Crippen molar-refractivity contribution in [1.29, 1.82) is 0 Å². The number of rotatable bonds is 13. The number of nitrogens with one attached hydrogen (secondary N) is 1. The van der Waals surface area contributed by atoms with E-state index in [4.69, 9.17) is 18.6 Å².